The van der Waals surface area contributed by atoms with E-state index in [2.05, 4.69) is 4.74 Å². The van der Waals surface area contributed by atoms with Crippen LogP contribution < -0.4 is 0 Å². The number of carbonyl (C=O) groups excluding carboxylic acids is 1. The summed E-state index contributed by atoms with van der Waals surface area (Å²) in [6.45, 7) is -0.530. The van der Waals surface area contributed by atoms with Gasteiger partial charge in [0.15, 0.2) is 0 Å². The van der Waals surface area contributed by atoms with Gasteiger partial charge in [0, 0.05) is 6.08 Å². The Balaban J connectivity index is 2.94. The second-order valence-corrected chi connectivity index (χ2v) is 2.14. The zero-order valence-corrected chi connectivity index (χ0v) is 5.48. The van der Waals surface area contributed by atoms with Crippen LogP contribution in [0.3, 0.4) is 0 Å². The van der Waals surface area contributed by atoms with E-state index >= 15 is 0 Å². The van der Waals surface area contributed by atoms with Crippen LogP contribution in [0, 0.1) is 0 Å². The smallest absolute Gasteiger partial charge is 0.347 e. The molecule has 0 saturated carbocycles. The molecule has 0 saturated heterocycles. The maximum absolute atomic E-state index is 10.8. The highest BCUT2D eigenvalue weighted by molar-refractivity contribution is 6.12. The van der Waals surface area contributed by atoms with E-state index in [1.54, 1.807) is 0 Å². The second kappa shape index (κ2) is 2.35. The molecule has 5 heteroatoms. The summed E-state index contributed by atoms with van der Waals surface area (Å²) in [5.41, 5.74) is -2.39. The van der Waals surface area contributed by atoms with Gasteiger partial charge >= 0.3 is 5.97 Å². The molecule has 0 aliphatic carbocycles. The van der Waals surface area contributed by atoms with Crippen molar-refractivity contribution in [3.05, 3.63) is 12.3 Å². The van der Waals surface area contributed by atoms with Crippen LogP contribution in [0.25, 0.3) is 0 Å². The van der Waals surface area contributed by atoms with Crippen molar-refractivity contribution in [1.29, 1.82) is 0 Å². The molecule has 0 spiro atoms. The quantitative estimate of drug-likeness (QED) is 0.474. The van der Waals surface area contributed by atoms with E-state index in [4.69, 9.17) is 10.2 Å². The second-order valence-electron chi connectivity index (χ2n) is 2.14. The molecule has 0 radical (unpaired) electrons. The number of hydrogen-bond donors (Lipinski definition) is 2. The molecule has 0 fully saturated rings. The van der Waals surface area contributed by atoms with Crippen LogP contribution in [-0.4, -0.2) is 34.2 Å². The third-order valence-corrected chi connectivity index (χ3v) is 1.37. The van der Waals surface area contributed by atoms with Gasteiger partial charge in [0.1, 0.15) is 6.61 Å². The van der Waals surface area contributed by atoms with Gasteiger partial charge in [0.25, 0.3) is 5.60 Å². The van der Waals surface area contributed by atoms with Crippen LogP contribution in [0.2, 0.25) is 0 Å². The zero-order chi connectivity index (χ0) is 8.48. The lowest BCUT2D eigenvalue weighted by atomic mass is 9.99. The van der Waals surface area contributed by atoms with Crippen LogP contribution >= 0.6 is 0 Å². The molecule has 60 valence electrons. The molecule has 1 rings (SSSR count). The fourth-order valence-corrected chi connectivity index (χ4v) is 0.655. The SMILES string of the molecule is O=C(O)C1(O)COC=CC1=O. The topological polar surface area (TPSA) is 83.8 Å². The third-order valence-electron chi connectivity index (χ3n) is 1.37. The average molecular weight is 158 g/mol. The number of ether oxygens (including phenoxy) is 1. The van der Waals surface area contributed by atoms with E-state index in [0.29, 0.717) is 0 Å². The highest BCUT2D eigenvalue weighted by atomic mass is 16.5. The molecule has 1 atom stereocenters. The van der Waals surface area contributed by atoms with Gasteiger partial charge < -0.3 is 14.9 Å². The molecule has 0 amide bonds. The Morgan fingerprint density at radius 2 is 2.36 bits per heavy atom. The van der Waals surface area contributed by atoms with Crippen LogP contribution in [0.1, 0.15) is 0 Å². The minimum atomic E-state index is -2.39. The van der Waals surface area contributed by atoms with Gasteiger partial charge in [-0.25, -0.2) is 4.79 Å². The lowest BCUT2D eigenvalue weighted by molar-refractivity contribution is -0.168. The summed E-state index contributed by atoms with van der Waals surface area (Å²) in [6.07, 6.45) is 1.94. The minimum absolute atomic E-state index is 0.530. The van der Waals surface area contributed by atoms with Crippen molar-refractivity contribution in [2.75, 3.05) is 6.61 Å². The van der Waals surface area contributed by atoms with Crippen LogP contribution in [0.15, 0.2) is 12.3 Å². The minimum Gasteiger partial charge on any atom is -0.497 e. The van der Waals surface area contributed by atoms with Gasteiger partial charge in [0.2, 0.25) is 5.78 Å². The highest BCUT2D eigenvalue weighted by Gasteiger charge is 2.45. The third kappa shape index (κ3) is 1.10. The number of aliphatic hydroxyl groups is 1. The summed E-state index contributed by atoms with van der Waals surface area (Å²) < 4.78 is 4.48. The summed E-state index contributed by atoms with van der Waals surface area (Å²) in [5, 5.41) is 17.5. The molecular weight excluding hydrogens is 152 g/mol. The van der Waals surface area contributed by atoms with Crippen molar-refractivity contribution in [1.82, 2.24) is 0 Å². The summed E-state index contributed by atoms with van der Waals surface area (Å²) in [7, 11) is 0. The van der Waals surface area contributed by atoms with Crippen LogP contribution in [0.5, 0.6) is 0 Å². The van der Waals surface area contributed by atoms with Crippen molar-refractivity contribution < 1.29 is 24.5 Å². The van der Waals surface area contributed by atoms with Gasteiger partial charge in [-0.15, -0.1) is 0 Å². The molecular formula is C6H6O5. The lowest BCUT2D eigenvalue weighted by Crippen LogP contribution is -2.51. The average Bonchev–Trinajstić information content (AvgIpc) is 1.95. The first kappa shape index (κ1) is 7.74. The molecule has 5 nitrogen and oxygen atoms in total. The van der Waals surface area contributed by atoms with E-state index < -0.39 is 24.0 Å². The summed E-state index contributed by atoms with van der Waals surface area (Å²) in [6, 6.07) is 0. The van der Waals surface area contributed by atoms with E-state index in [-0.39, 0.29) is 0 Å². The first-order chi connectivity index (χ1) is 5.07. The fourth-order valence-electron chi connectivity index (χ4n) is 0.655. The molecule has 1 aliphatic rings. The number of aliphatic carboxylic acids is 1. The van der Waals surface area contributed by atoms with Crippen molar-refractivity contribution in [2.45, 2.75) is 5.60 Å². The largest absolute Gasteiger partial charge is 0.497 e. The Hall–Kier alpha value is -1.36. The number of ketones is 1. The number of carbonyl (C=O) groups is 2. The predicted octanol–water partition coefficient (Wildman–Crippen LogP) is -1.08. The summed E-state index contributed by atoms with van der Waals surface area (Å²) >= 11 is 0. The fraction of sp³-hybridized carbons (Fsp3) is 0.333. The van der Waals surface area contributed by atoms with Gasteiger partial charge in [-0.2, -0.15) is 0 Å². The van der Waals surface area contributed by atoms with Crippen molar-refractivity contribution in [3.8, 4) is 0 Å². The predicted molar refractivity (Wildman–Crippen MR) is 32.7 cm³/mol. The normalized spacial score (nSPS) is 29.7. The van der Waals surface area contributed by atoms with Gasteiger partial charge in [-0.05, 0) is 0 Å². The first-order valence-corrected chi connectivity index (χ1v) is 2.86. The van der Waals surface area contributed by atoms with Crippen LogP contribution in [0.4, 0.5) is 0 Å². The van der Waals surface area contributed by atoms with E-state index in [1.807, 2.05) is 0 Å². The first-order valence-electron chi connectivity index (χ1n) is 2.86. The van der Waals surface area contributed by atoms with Crippen molar-refractivity contribution >= 4 is 11.8 Å². The molecule has 0 aromatic heterocycles. The standard InChI is InChI=1S/C6H6O5/c7-4-1-2-11-3-6(4,10)5(8)9/h1-2,10H,3H2,(H,8,9). The molecule has 1 heterocycles. The molecule has 0 aromatic carbocycles. The molecule has 0 bridgehead atoms. The Bertz CT molecular complexity index is 231. The van der Waals surface area contributed by atoms with E-state index in [1.165, 1.54) is 0 Å². The highest BCUT2D eigenvalue weighted by Crippen LogP contribution is 2.12. The number of carboxylic acid groups (broad SMARTS) is 1. The van der Waals surface area contributed by atoms with E-state index in [0.717, 1.165) is 12.3 Å². The molecule has 0 aromatic rings. The van der Waals surface area contributed by atoms with Crippen LogP contribution in [-0.2, 0) is 14.3 Å². The molecule has 11 heavy (non-hydrogen) atoms. The number of hydrogen-bond acceptors (Lipinski definition) is 4. The Labute approximate surface area is 61.9 Å². The van der Waals surface area contributed by atoms with Crippen molar-refractivity contribution in [3.63, 3.8) is 0 Å². The summed E-state index contributed by atoms with van der Waals surface area (Å²) in [4.78, 5) is 21.1. The summed E-state index contributed by atoms with van der Waals surface area (Å²) in [5.74, 6) is -2.46. The molecule has 2 N–H and O–H groups in total. The zero-order valence-electron chi connectivity index (χ0n) is 5.48. The number of carboxylic acids is 1. The van der Waals surface area contributed by atoms with Gasteiger partial charge in [0.05, 0.1) is 6.26 Å². The Kier molecular flexibility index (Phi) is 1.66. The monoisotopic (exact) mass is 158 g/mol. The Morgan fingerprint density at radius 3 is 2.73 bits per heavy atom. The molecule has 1 aliphatic heterocycles. The maximum Gasteiger partial charge on any atom is 0.347 e. The molecule has 1 unspecified atom stereocenters. The lowest BCUT2D eigenvalue weighted by Gasteiger charge is -2.22. The number of rotatable bonds is 1. The van der Waals surface area contributed by atoms with Gasteiger partial charge in [-0.1, -0.05) is 0 Å². The maximum atomic E-state index is 10.8. The van der Waals surface area contributed by atoms with Crippen molar-refractivity contribution in [2.24, 2.45) is 0 Å². The Morgan fingerprint density at radius 1 is 1.73 bits per heavy atom. The van der Waals surface area contributed by atoms with Gasteiger partial charge in [-0.3, -0.25) is 4.79 Å². The van der Waals surface area contributed by atoms with E-state index in [9.17, 15) is 9.59 Å².